The fraction of sp³-hybridized carbons (Fsp3) is 0.389. The number of hydrogen-bond donors (Lipinski definition) is 1. The van der Waals surface area contributed by atoms with E-state index in [-0.39, 0.29) is 6.10 Å². The van der Waals surface area contributed by atoms with Crippen molar-refractivity contribution in [2.24, 2.45) is 0 Å². The van der Waals surface area contributed by atoms with Crippen LogP contribution in [0.3, 0.4) is 0 Å². The zero-order valence-corrected chi connectivity index (χ0v) is 13.0. The smallest absolute Gasteiger partial charge is 0.0958 e. The SMILES string of the molecule is OC(CC1=CCCCC1)Cc1nc(-c2ccccc2)cs1. The summed E-state index contributed by atoms with van der Waals surface area (Å²) in [4.78, 5) is 4.65. The number of aliphatic hydroxyl groups excluding tert-OH is 1. The van der Waals surface area contributed by atoms with E-state index in [1.807, 2.05) is 18.2 Å². The molecule has 0 amide bonds. The summed E-state index contributed by atoms with van der Waals surface area (Å²) in [6, 6.07) is 10.2. The van der Waals surface area contributed by atoms with Crippen LogP contribution in [0.1, 0.15) is 37.1 Å². The van der Waals surface area contributed by atoms with Gasteiger partial charge in [0.15, 0.2) is 0 Å². The molecular formula is C18H21NOS. The molecule has 0 spiro atoms. The van der Waals surface area contributed by atoms with E-state index in [0.29, 0.717) is 6.42 Å². The average molecular weight is 299 g/mol. The second-order valence-corrected chi connectivity index (χ2v) is 6.61. The van der Waals surface area contributed by atoms with Crippen LogP contribution in [0.4, 0.5) is 0 Å². The molecule has 1 aromatic carbocycles. The maximum atomic E-state index is 10.3. The largest absolute Gasteiger partial charge is 0.392 e. The first-order valence-electron chi connectivity index (χ1n) is 7.67. The molecule has 0 fully saturated rings. The summed E-state index contributed by atoms with van der Waals surface area (Å²) in [5.74, 6) is 0. The van der Waals surface area contributed by atoms with Crippen molar-refractivity contribution in [2.75, 3.05) is 0 Å². The average Bonchev–Trinajstić information content (AvgIpc) is 2.97. The lowest BCUT2D eigenvalue weighted by Gasteiger charge is -2.15. The van der Waals surface area contributed by atoms with E-state index in [0.717, 1.165) is 29.1 Å². The van der Waals surface area contributed by atoms with E-state index in [9.17, 15) is 5.11 Å². The Balaban J connectivity index is 1.60. The number of allylic oxidation sites excluding steroid dienone is 1. The first kappa shape index (κ1) is 14.5. The van der Waals surface area contributed by atoms with Gasteiger partial charge in [-0.05, 0) is 32.1 Å². The van der Waals surface area contributed by atoms with Crippen molar-refractivity contribution < 1.29 is 5.11 Å². The Morgan fingerprint density at radius 2 is 2.00 bits per heavy atom. The van der Waals surface area contributed by atoms with Crippen LogP contribution in [-0.2, 0) is 6.42 Å². The number of aromatic nitrogens is 1. The standard InChI is InChI=1S/C18H21NOS/c20-16(11-14-7-3-1-4-8-14)12-18-19-17(13-21-18)15-9-5-2-6-10-15/h2,5-7,9-10,13,16,20H,1,3-4,8,11-12H2. The third kappa shape index (κ3) is 4.02. The van der Waals surface area contributed by atoms with Crippen LogP contribution in [0.25, 0.3) is 11.3 Å². The van der Waals surface area contributed by atoms with Gasteiger partial charge in [-0.1, -0.05) is 42.0 Å². The molecular weight excluding hydrogens is 278 g/mol. The van der Waals surface area contributed by atoms with Crippen LogP contribution in [0.2, 0.25) is 0 Å². The summed E-state index contributed by atoms with van der Waals surface area (Å²) in [6.07, 6.45) is 8.38. The monoisotopic (exact) mass is 299 g/mol. The molecule has 2 aromatic rings. The predicted octanol–water partition coefficient (Wildman–Crippen LogP) is 4.60. The Labute approximate surface area is 130 Å². The summed E-state index contributed by atoms with van der Waals surface area (Å²) in [7, 11) is 0. The van der Waals surface area contributed by atoms with Crippen LogP contribution >= 0.6 is 11.3 Å². The Hall–Kier alpha value is -1.45. The van der Waals surface area contributed by atoms with Crippen molar-refractivity contribution in [1.82, 2.24) is 4.98 Å². The van der Waals surface area contributed by atoms with Gasteiger partial charge in [0.2, 0.25) is 0 Å². The van der Waals surface area contributed by atoms with E-state index in [1.165, 1.54) is 24.8 Å². The highest BCUT2D eigenvalue weighted by Gasteiger charge is 2.13. The molecule has 1 aliphatic carbocycles. The third-order valence-corrected chi connectivity index (χ3v) is 4.79. The molecule has 21 heavy (non-hydrogen) atoms. The second kappa shape index (κ2) is 7.01. The van der Waals surface area contributed by atoms with Crippen molar-refractivity contribution in [3.05, 3.63) is 52.4 Å². The highest BCUT2D eigenvalue weighted by atomic mass is 32.1. The van der Waals surface area contributed by atoms with Crippen LogP contribution in [0.15, 0.2) is 47.4 Å². The molecule has 0 saturated heterocycles. The van der Waals surface area contributed by atoms with E-state index < -0.39 is 0 Å². The van der Waals surface area contributed by atoms with Gasteiger partial charge in [-0.15, -0.1) is 11.3 Å². The second-order valence-electron chi connectivity index (χ2n) is 5.66. The van der Waals surface area contributed by atoms with Crippen molar-refractivity contribution in [2.45, 2.75) is 44.6 Å². The van der Waals surface area contributed by atoms with Crippen LogP contribution in [0, 0.1) is 0 Å². The number of thiazole rings is 1. The summed E-state index contributed by atoms with van der Waals surface area (Å²) < 4.78 is 0. The number of benzene rings is 1. The van der Waals surface area contributed by atoms with E-state index in [2.05, 4.69) is 28.6 Å². The molecule has 0 radical (unpaired) electrons. The molecule has 3 rings (SSSR count). The third-order valence-electron chi connectivity index (χ3n) is 3.91. The number of aliphatic hydroxyl groups is 1. The Morgan fingerprint density at radius 3 is 2.76 bits per heavy atom. The van der Waals surface area contributed by atoms with Gasteiger partial charge in [-0.3, -0.25) is 0 Å². The van der Waals surface area contributed by atoms with Gasteiger partial charge in [-0.2, -0.15) is 0 Å². The molecule has 1 unspecified atom stereocenters. The zero-order chi connectivity index (χ0) is 14.5. The molecule has 110 valence electrons. The Kier molecular flexibility index (Phi) is 4.84. The molecule has 1 aliphatic rings. The minimum absolute atomic E-state index is 0.302. The first-order chi connectivity index (χ1) is 10.3. The van der Waals surface area contributed by atoms with Gasteiger partial charge in [0.1, 0.15) is 0 Å². The van der Waals surface area contributed by atoms with Crippen molar-refractivity contribution in [3.8, 4) is 11.3 Å². The Bertz CT molecular complexity index is 603. The minimum atomic E-state index is -0.302. The van der Waals surface area contributed by atoms with E-state index in [1.54, 1.807) is 11.3 Å². The van der Waals surface area contributed by atoms with Crippen molar-refractivity contribution in [1.29, 1.82) is 0 Å². The highest BCUT2D eigenvalue weighted by molar-refractivity contribution is 7.09. The summed E-state index contributed by atoms with van der Waals surface area (Å²) in [5.41, 5.74) is 3.58. The molecule has 1 aromatic heterocycles. The lowest BCUT2D eigenvalue weighted by atomic mass is 9.94. The molecule has 1 atom stereocenters. The van der Waals surface area contributed by atoms with Gasteiger partial charge in [0, 0.05) is 17.4 Å². The lowest BCUT2D eigenvalue weighted by molar-refractivity contribution is 0.173. The number of rotatable bonds is 5. The van der Waals surface area contributed by atoms with Crippen LogP contribution in [0.5, 0.6) is 0 Å². The number of hydrogen-bond acceptors (Lipinski definition) is 3. The summed E-state index contributed by atoms with van der Waals surface area (Å²) in [5, 5.41) is 13.4. The molecule has 1 N–H and O–H groups in total. The van der Waals surface area contributed by atoms with Crippen LogP contribution < -0.4 is 0 Å². The van der Waals surface area contributed by atoms with E-state index >= 15 is 0 Å². The maximum absolute atomic E-state index is 10.3. The Morgan fingerprint density at radius 1 is 1.14 bits per heavy atom. The van der Waals surface area contributed by atoms with Gasteiger partial charge in [0.25, 0.3) is 0 Å². The normalized spacial score (nSPS) is 16.5. The number of nitrogens with zero attached hydrogens (tertiary/aromatic N) is 1. The zero-order valence-electron chi connectivity index (χ0n) is 12.2. The molecule has 0 bridgehead atoms. The minimum Gasteiger partial charge on any atom is -0.392 e. The summed E-state index contributed by atoms with van der Waals surface area (Å²) >= 11 is 1.64. The van der Waals surface area contributed by atoms with Gasteiger partial charge >= 0.3 is 0 Å². The van der Waals surface area contributed by atoms with Crippen molar-refractivity contribution >= 4 is 11.3 Å². The van der Waals surface area contributed by atoms with Crippen molar-refractivity contribution in [3.63, 3.8) is 0 Å². The quantitative estimate of drug-likeness (QED) is 0.818. The molecule has 2 nitrogen and oxygen atoms in total. The van der Waals surface area contributed by atoms with Gasteiger partial charge < -0.3 is 5.11 Å². The predicted molar refractivity (Wildman–Crippen MR) is 88.4 cm³/mol. The highest BCUT2D eigenvalue weighted by Crippen LogP contribution is 2.25. The van der Waals surface area contributed by atoms with Crippen LogP contribution in [-0.4, -0.2) is 16.2 Å². The summed E-state index contributed by atoms with van der Waals surface area (Å²) in [6.45, 7) is 0. The lowest BCUT2D eigenvalue weighted by Crippen LogP contribution is -2.12. The molecule has 0 saturated carbocycles. The first-order valence-corrected chi connectivity index (χ1v) is 8.55. The fourth-order valence-corrected chi connectivity index (χ4v) is 3.69. The molecule has 0 aliphatic heterocycles. The topological polar surface area (TPSA) is 33.1 Å². The van der Waals surface area contributed by atoms with Gasteiger partial charge in [-0.25, -0.2) is 4.98 Å². The van der Waals surface area contributed by atoms with E-state index in [4.69, 9.17) is 0 Å². The fourth-order valence-electron chi connectivity index (χ4n) is 2.81. The maximum Gasteiger partial charge on any atom is 0.0958 e. The molecule has 3 heteroatoms. The molecule has 1 heterocycles. The van der Waals surface area contributed by atoms with Gasteiger partial charge in [0.05, 0.1) is 16.8 Å².